The standard InChI is InChI=1S/C13H11N5O/c1-9-5-4-8-15-11(9)12-17-18-13(19-12)16-10-6-2-3-7-14-10/h2-8H,1H3,(H,14,16,18). The number of hydrogen-bond donors (Lipinski definition) is 1. The van der Waals surface area contributed by atoms with Gasteiger partial charge in [0.1, 0.15) is 11.5 Å². The predicted octanol–water partition coefficient (Wildman–Crippen LogP) is 2.58. The molecule has 3 heterocycles. The fraction of sp³-hybridized carbons (Fsp3) is 0.0769. The third kappa shape index (κ3) is 2.42. The molecule has 19 heavy (non-hydrogen) atoms. The molecular weight excluding hydrogens is 242 g/mol. The van der Waals surface area contributed by atoms with Crippen LogP contribution in [0, 0.1) is 6.92 Å². The highest BCUT2D eigenvalue weighted by Crippen LogP contribution is 2.21. The Morgan fingerprint density at radius 2 is 1.89 bits per heavy atom. The van der Waals surface area contributed by atoms with Crippen LogP contribution in [0.2, 0.25) is 0 Å². The first-order valence-corrected chi connectivity index (χ1v) is 5.76. The lowest BCUT2D eigenvalue weighted by molar-refractivity contribution is 0.584. The Morgan fingerprint density at radius 3 is 2.68 bits per heavy atom. The predicted molar refractivity (Wildman–Crippen MR) is 69.8 cm³/mol. The van der Waals surface area contributed by atoms with E-state index in [1.165, 1.54) is 0 Å². The molecule has 0 aromatic carbocycles. The van der Waals surface area contributed by atoms with E-state index in [0.29, 0.717) is 23.4 Å². The van der Waals surface area contributed by atoms with Crippen molar-refractivity contribution in [3.63, 3.8) is 0 Å². The minimum absolute atomic E-state index is 0.291. The summed E-state index contributed by atoms with van der Waals surface area (Å²) in [5, 5.41) is 10.8. The second kappa shape index (κ2) is 4.85. The molecule has 0 unspecified atom stereocenters. The molecule has 6 nitrogen and oxygen atoms in total. The first-order chi connectivity index (χ1) is 9.33. The van der Waals surface area contributed by atoms with Gasteiger partial charge in [-0.3, -0.25) is 10.3 Å². The summed E-state index contributed by atoms with van der Waals surface area (Å²) in [6.07, 6.45) is 3.38. The van der Waals surface area contributed by atoms with Crippen molar-refractivity contribution in [2.45, 2.75) is 6.92 Å². The van der Waals surface area contributed by atoms with Crippen LogP contribution in [0.3, 0.4) is 0 Å². The molecule has 0 amide bonds. The van der Waals surface area contributed by atoms with Crippen molar-refractivity contribution in [2.75, 3.05) is 5.32 Å². The molecule has 0 bridgehead atoms. The van der Waals surface area contributed by atoms with Crippen molar-refractivity contribution in [2.24, 2.45) is 0 Å². The molecule has 0 spiro atoms. The molecule has 3 aromatic heterocycles. The molecule has 0 saturated heterocycles. The van der Waals surface area contributed by atoms with Crippen LogP contribution in [0.4, 0.5) is 11.8 Å². The van der Waals surface area contributed by atoms with Gasteiger partial charge in [-0.1, -0.05) is 17.2 Å². The zero-order valence-corrected chi connectivity index (χ0v) is 10.2. The number of anilines is 2. The van der Waals surface area contributed by atoms with Crippen LogP contribution in [0.1, 0.15) is 5.56 Å². The van der Waals surface area contributed by atoms with Gasteiger partial charge in [0.2, 0.25) is 0 Å². The van der Waals surface area contributed by atoms with Gasteiger partial charge in [-0.2, -0.15) is 0 Å². The first kappa shape index (κ1) is 11.3. The lowest BCUT2D eigenvalue weighted by Crippen LogP contribution is -1.92. The largest absolute Gasteiger partial charge is 0.401 e. The van der Waals surface area contributed by atoms with E-state index in [4.69, 9.17) is 4.42 Å². The summed E-state index contributed by atoms with van der Waals surface area (Å²) in [6.45, 7) is 1.94. The van der Waals surface area contributed by atoms with E-state index in [0.717, 1.165) is 5.56 Å². The second-order valence-corrected chi connectivity index (χ2v) is 3.92. The van der Waals surface area contributed by atoms with Gasteiger partial charge >= 0.3 is 6.01 Å². The normalized spacial score (nSPS) is 10.4. The summed E-state index contributed by atoms with van der Waals surface area (Å²) in [5.41, 5.74) is 1.67. The van der Waals surface area contributed by atoms with Crippen molar-refractivity contribution in [3.05, 3.63) is 48.3 Å². The van der Waals surface area contributed by atoms with E-state index < -0.39 is 0 Å². The lowest BCUT2D eigenvalue weighted by Gasteiger charge is -1.99. The van der Waals surface area contributed by atoms with Crippen LogP contribution in [0.5, 0.6) is 0 Å². The minimum atomic E-state index is 0.291. The van der Waals surface area contributed by atoms with Crippen LogP contribution in [0.15, 0.2) is 47.1 Å². The maximum absolute atomic E-state index is 5.52. The van der Waals surface area contributed by atoms with E-state index in [-0.39, 0.29) is 0 Å². The Kier molecular flexibility index (Phi) is 2.89. The second-order valence-electron chi connectivity index (χ2n) is 3.92. The molecule has 94 valence electrons. The zero-order chi connectivity index (χ0) is 13.1. The molecule has 0 aliphatic rings. The summed E-state index contributed by atoms with van der Waals surface area (Å²) in [7, 11) is 0. The zero-order valence-electron chi connectivity index (χ0n) is 10.2. The smallest absolute Gasteiger partial charge is 0.321 e. The SMILES string of the molecule is Cc1cccnc1-c1nnc(Nc2ccccn2)o1. The molecule has 0 saturated carbocycles. The maximum atomic E-state index is 5.52. The van der Waals surface area contributed by atoms with E-state index in [2.05, 4.69) is 25.5 Å². The van der Waals surface area contributed by atoms with Gasteiger partial charge in [0, 0.05) is 12.4 Å². The maximum Gasteiger partial charge on any atom is 0.321 e. The molecule has 1 N–H and O–H groups in total. The Labute approximate surface area is 109 Å². The summed E-state index contributed by atoms with van der Waals surface area (Å²) in [6, 6.07) is 9.62. The van der Waals surface area contributed by atoms with Crippen LogP contribution in [-0.4, -0.2) is 20.2 Å². The summed E-state index contributed by atoms with van der Waals surface area (Å²) >= 11 is 0. The number of nitrogens with zero attached hydrogens (tertiary/aromatic N) is 4. The molecule has 6 heteroatoms. The Morgan fingerprint density at radius 1 is 1.00 bits per heavy atom. The molecule has 0 fully saturated rings. The molecule has 0 aliphatic carbocycles. The molecule has 3 aromatic rings. The summed E-state index contributed by atoms with van der Waals surface area (Å²) < 4.78 is 5.52. The van der Waals surface area contributed by atoms with E-state index in [1.54, 1.807) is 12.4 Å². The Balaban J connectivity index is 1.86. The van der Waals surface area contributed by atoms with Crippen molar-refractivity contribution >= 4 is 11.8 Å². The van der Waals surface area contributed by atoms with E-state index in [1.807, 2.05) is 37.3 Å². The number of pyridine rings is 2. The number of aromatic nitrogens is 4. The van der Waals surface area contributed by atoms with Gasteiger partial charge in [0.05, 0.1) is 0 Å². The number of hydrogen-bond acceptors (Lipinski definition) is 6. The number of nitrogens with one attached hydrogen (secondary N) is 1. The fourth-order valence-corrected chi connectivity index (χ4v) is 1.63. The van der Waals surface area contributed by atoms with Crippen molar-refractivity contribution in [3.8, 4) is 11.6 Å². The molecular formula is C13H11N5O. The van der Waals surface area contributed by atoms with Crippen LogP contribution < -0.4 is 5.32 Å². The quantitative estimate of drug-likeness (QED) is 0.773. The lowest BCUT2D eigenvalue weighted by atomic mass is 10.2. The van der Waals surface area contributed by atoms with Crippen molar-refractivity contribution < 1.29 is 4.42 Å². The average Bonchev–Trinajstić information content (AvgIpc) is 2.89. The average molecular weight is 253 g/mol. The highest BCUT2D eigenvalue weighted by molar-refractivity contribution is 5.54. The van der Waals surface area contributed by atoms with E-state index in [9.17, 15) is 0 Å². The van der Waals surface area contributed by atoms with Crippen LogP contribution >= 0.6 is 0 Å². The van der Waals surface area contributed by atoms with E-state index >= 15 is 0 Å². The highest BCUT2D eigenvalue weighted by Gasteiger charge is 2.11. The van der Waals surface area contributed by atoms with Gasteiger partial charge in [0.25, 0.3) is 5.89 Å². The molecule has 3 rings (SSSR count). The highest BCUT2D eigenvalue weighted by atomic mass is 16.4. The van der Waals surface area contributed by atoms with Crippen LogP contribution in [-0.2, 0) is 0 Å². The van der Waals surface area contributed by atoms with Gasteiger partial charge in [0.15, 0.2) is 0 Å². The number of rotatable bonds is 3. The number of aryl methyl sites for hydroxylation is 1. The van der Waals surface area contributed by atoms with Crippen LogP contribution in [0.25, 0.3) is 11.6 Å². The first-order valence-electron chi connectivity index (χ1n) is 5.76. The summed E-state index contributed by atoms with van der Waals surface area (Å²) in [5.74, 6) is 1.03. The topological polar surface area (TPSA) is 76.7 Å². The summed E-state index contributed by atoms with van der Waals surface area (Å²) in [4.78, 5) is 8.35. The fourth-order valence-electron chi connectivity index (χ4n) is 1.63. The third-order valence-corrected chi connectivity index (χ3v) is 2.54. The van der Waals surface area contributed by atoms with Gasteiger partial charge < -0.3 is 4.42 Å². The monoisotopic (exact) mass is 253 g/mol. The Hall–Kier alpha value is -2.76. The third-order valence-electron chi connectivity index (χ3n) is 2.54. The Bertz CT molecular complexity index is 680. The van der Waals surface area contributed by atoms with Gasteiger partial charge in [-0.15, -0.1) is 5.10 Å². The molecule has 0 aliphatic heterocycles. The van der Waals surface area contributed by atoms with Gasteiger partial charge in [-0.05, 0) is 30.7 Å². The van der Waals surface area contributed by atoms with Crippen molar-refractivity contribution in [1.82, 2.24) is 20.2 Å². The van der Waals surface area contributed by atoms with Crippen molar-refractivity contribution in [1.29, 1.82) is 0 Å². The molecule has 0 atom stereocenters. The molecule has 0 radical (unpaired) electrons. The van der Waals surface area contributed by atoms with Gasteiger partial charge in [-0.25, -0.2) is 4.98 Å². The minimum Gasteiger partial charge on any atom is -0.401 e.